The first kappa shape index (κ1) is 15.9. The number of hydrogen-bond donors (Lipinski definition) is 2. The van der Waals surface area contributed by atoms with E-state index in [1.807, 2.05) is 0 Å². The molecule has 1 heterocycles. The van der Waals surface area contributed by atoms with Crippen LogP contribution in [0.1, 0.15) is 23.5 Å². The Morgan fingerprint density at radius 3 is 2.57 bits per heavy atom. The van der Waals surface area contributed by atoms with Gasteiger partial charge in [-0.2, -0.15) is 0 Å². The van der Waals surface area contributed by atoms with Gasteiger partial charge in [0.15, 0.2) is 4.21 Å². The minimum Gasteiger partial charge on any atom is -0.326 e. The zero-order valence-electron chi connectivity index (χ0n) is 12.8. The fraction of sp³-hybridized carbons (Fsp3) is 0.333. The van der Waals surface area contributed by atoms with Crippen molar-refractivity contribution in [1.82, 2.24) is 4.98 Å². The molecule has 0 atom stereocenters. The number of sulfonamides is 1. The number of aromatic nitrogens is 1. The average molecular weight is 351 g/mol. The van der Waals surface area contributed by atoms with E-state index in [9.17, 15) is 13.2 Å². The maximum absolute atomic E-state index is 12.5. The highest BCUT2D eigenvalue weighted by atomic mass is 32.2. The highest BCUT2D eigenvalue weighted by Crippen LogP contribution is 2.31. The van der Waals surface area contributed by atoms with Crippen LogP contribution < -0.4 is 10.0 Å². The molecular formula is C15H17N3O3S2. The zero-order valence-corrected chi connectivity index (χ0v) is 14.4. The molecule has 3 rings (SSSR count). The van der Waals surface area contributed by atoms with Gasteiger partial charge in [0.05, 0.1) is 16.4 Å². The molecule has 2 N–H and O–H groups in total. The minimum absolute atomic E-state index is 0.0149. The quantitative estimate of drug-likeness (QED) is 0.867. The van der Waals surface area contributed by atoms with Crippen LogP contribution in [0.5, 0.6) is 0 Å². The van der Waals surface area contributed by atoms with Gasteiger partial charge in [-0.3, -0.25) is 9.52 Å². The lowest BCUT2D eigenvalue weighted by atomic mass is 10.2. The van der Waals surface area contributed by atoms with Gasteiger partial charge in [0.25, 0.3) is 10.0 Å². The summed E-state index contributed by atoms with van der Waals surface area (Å²) in [6.45, 7) is 3.44. The van der Waals surface area contributed by atoms with Crippen molar-refractivity contribution >= 4 is 38.6 Å². The van der Waals surface area contributed by atoms with E-state index in [2.05, 4.69) is 15.0 Å². The molecule has 0 saturated heterocycles. The summed E-state index contributed by atoms with van der Waals surface area (Å²) in [5.74, 6) is 0.0806. The Balaban J connectivity index is 1.79. The third-order valence-corrected chi connectivity index (χ3v) is 6.50. The van der Waals surface area contributed by atoms with E-state index in [1.54, 1.807) is 38.1 Å². The van der Waals surface area contributed by atoms with Gasteiger partial charge in [0, 0.05) is 11.6 Å². The largest absolute Gasteiger partial charge is 0.326 e. The molecule has 1 fully saturated rings. The molecule has 0 aliphatic heterocycles. The molecule has 0 radical (unpaired) electrons. The molecule has 8 heteroatoms. The first-order valence-corrected chi connectivity index (χ1v) is 9.53. The van der Waals surface area contributed by atoms with Crippen molar-refractivity contribution in [3.63, 3.8) is 0 Å². The van der Waals surface area contributed by atoms with Crippen LogP contribution >= 0.6 is 11.3 Å². The molecule has 1 aliphatic rings. The fourth-order valence-corrected chi connectivity index (χ4v) is 4.75. The number of carbonyl (C=O) groups excluding carboxylic acids is 1. The SMILES string of the molecule is Cc1nc(C)c(S(=O)(=O)Nc2cccc(NC(=O)C3CC3)c2)s1. The number of thiazole rings is 1. The molecule has 0 spiro atoms. The molecule has 0 unspecified atom stereocenters. The monoisotopic (exact) mass is 351 g/mol. The van der Waals surface area contributed by atoms with Crippen LogP contribution in [0.3, 0.4) is 0 Å². The number of rotatable bonds is 5. The summed E-state index contributed by atoms with van der Waals surface area (Å²) >= 11 is 1.14. The standard InChI is InChI=1S/C15H17N3O3S2/c1-9-15(22-10(2)16-9)23(20,21)18-13-5-3-4-12(8-13)17-14(19)11-6-7-11/h3-5,8,11,18H,6-7H2,1-2H3,(H,17,19). The van der Waals surface area contributed by atoms with Gasteiger partial charge in [-0.05, 0) is 44.9 Å². The van der Waals surface area contributed by atoms with Crippen molar-refractivity contribution in [3.8, 4) is 0 Å². The van der Waals surface area contributed by atoms with Gasteiger partial charge in [-0.15, -0.1) is 11.3 Å². The molecule has 1 aromatic carbocycles. The smallest absolute Gasteiger partial charge is 0.273 e. The van der Waals surface area contributed by atoms with E-state index >= 15 is 0 Å². The molecule has 6 nitrogen and oxygen atoms in total. The Labute approximate surface area is 139 Å². The summed E-state index contributed by atoms with van der Waals surface area (Å²) in [5, 5.41) is 3.50. The lowest BCUT2D eigenvalue weighted by molar-refractivity contribution is -0.117. The summed E-state index contributed by atoms with van der Waals surface area (Å²) in [4.78, 5) is 15.9. The number of anilines is 2. The second-order valence-corrected chi connectivity index (χ2v) is 8.64. The number of hydrogen-bond acceptors (Lipinski definition) is 5. The lowest BCUT2D eigenvalue weighted by Crippen LogP contribution is -2.15. The van der Waals surface area contributed by atoms with Crippen molar-refractivity contribution < 1.29 is 13.2 Å². The lowest BCUT2D eigenvalue weighted by Gasteiger charge is -2.09. The van der Waals surface area contributed by atoms with Crippen molar-refractivity contribution in [2.45, 2.75) is 30.9 Å². The fourth-order valence-electron chi connectivity index (χ4n) is 2.21. The second kappa shape index (κ2) is 5.93. The van der Waals surface area contributed by atoms with Crippen molar-refractivity contribution in [2.75, 3.05) is 10.0 Å². The summed E-state index contributed by atoms with van der Waals surface area (Å²) in [7, 11) is -3.68. The van der Waals surface area contributed by atoms with Crippen molar-refractivity contribution in [3.05, 3.63) is 35.0 Å². The average Bonchev–Trinajstić information content (AvgIpc) is 3.24. The summed E-state index contributed by atoms with van der Waals surface area (Å²) < 4.78 is 27.7. The first-order chi connectivity index (χ1) is 10.8. The third-order valence-electron chi connectivity index (χ3n) is 3.44. The first-order valence-electron chi connectivity index (χ1n) is 7.23. The van der Waals surface area contributed by atoms with E-state index in [-0.39, 0.29) is 16.0 Å². The highest BCUT2D eigenvalue weighted by molar-refractivity contribution is 7.94. The van der Waals surface area contributed by atoms with Gasteiger partial charge in [0.2, 0.25) is 5.91 Å². The van der Waals surface area contributed by atoms with Gasteiger partial charge >= 0.3 is 0 Å². The maximum atomic E-state index is 12.5. The molecule has 1 saturated carbocycles. The van der Waals surface area contributed by atoms with Gasteiger partial charge < -0.3 is 5.32 Å². The Hall–Kier alpha value is -1.93. The summed E-state index contributed by atoms with van der Waals surface area (Å²) in [6.07, 6.45) is 1.84. The summed E-state index contributed by atoms with van der Waals surface area (Å²) in [5.41, 5.74) is 1.47. The van der Waals surface area contributed by atoms with Crippen LogP contribution in [-0.4, -0.2) is 19.3 Å². The van der Waals surface area contributed by atoms with Crippen LogP contribution in [0.4, 0.5) is 11.4 Å². The number of aryl methyl sites for hydroxylation is 2. The second-order valence-electron chi connectivity index (χ2n) is 5.56. The van der Waals surface area contributed by atoms with Crippen LogP contribution in [0.25, 0.3) is 0 Å². The third kappa shape index (κ3) is 3.70. The number of benzene rings is 1. The molecule has 1 aliphatic carbocycles. The van der Waals surface area contributed by atoms with Crippen LogP contribution in [0.15, 0.2) is 28.5 Å². The van der Waals surface area contributed by atoms with Gasteiger partial charge in [-0.25, -0.2) is 13.4 Å². The Morgan fingerprint density at radius 2 is 1.96 bits per heavy atom. The van der Waals surface area contributed by atoms with E-state index in [4.69, 9.17) is 0 Å². The van der Waals surface area contributed by atoms with Crippen molar-refractivity contribution in [2.24, 2.45) is 5.92 Å². The number of nitrogens with zero attached hydrogens (tertiary/aromatic N) is 1. The van der Waals surface area contributed by atoms with E-state index in [0.29, 0.717) is 22.1 Å². The summed E-state index contributed by atoms with van der Waals surface area (Å²) in [6, 6.07) is 6.69. The maximum Gasteiger partial charge on any atom is 0.273 e. The van der Waals surface area contributed by atoms with E-state index in [1.165, 1.54) is 0 Å². The molecule has 1 amide bonds. The minimum atomic E-state index is -3.68. The number of carbonyl (C=O) groups is 1. The van der Waals surface area contributed by atoms with Gasteiger partial charge in [0.1, 0.15) is 0 Å². The molecular weight excluding hydrogens is 334 g/mol. The topological polar surface area (TPSA) is 88.2 Å². The Bertz CT molecular complexity index is 855. The Kier molecular flexibility index (Phi) is 4.11. The Morgan fingerprint density at radius 1 is 1.26 bits per heavy atom. The molecule has 2 aromatic rings. The zero-order chi connectivity index (χ0) is 16.6. The van der Waals surface area contributed by atoms with E-state index in [0.717, 1.165) is 24.2 Å². The normalized spacial score (nSPS) is 14.5. The number of amides is 1. The van der Waals surface area contributed by atoms with E-state index < -0.39 is 10.0 Å². The van der Waals surface area contributed by atoms with Crippen LogP contribution in [0.2, 0.25) is 0 Å². The molecule has 23 heavy (non-hydrogen) atoms. The highest BCUT2D eigenvalue weighted by Gasteiger charge is 2.29. The number of nitrogens with one attached hydrogen (secondary N) is 2. The predicted molar refractivity (Wildman–Crippen MR) is 90.2 cm³/mol. The molecule has 0 bridgehead atoms. The van der Waals surface area contributed by atoms with Crippen LogP contribution in [-0.2, 0) is 14.8 Å². The van der Waals surface area contributed by atoms with Crippen molar-refractivity contribution in [1.29, 1.82) is 0 Å². The molecule has 1 aromatic heterocycles. The predicted octanol–water partition coefficient (Wildman–Crippen LogP) is 2.91. The molecule has 122 valence electrons. The van der Waals surface area contributed by atoms with Crippen LogP contribution in [0, 0.1) is 19.8 Å². The van der Waals surface area contributed by atoms with Gasteiger partial charge in [-0.1, -0.05) is 6.07 Å².